The van der Waals surface area contributed by atoms with Gasteiger partial charge in [0.05, 0.1) is 13.2 Å². The van der Waals surface area contributed by atoms with E-state index in [9.17, 15) is 4.79 Å². The average molecular weight is 264 g/mol. The SMILES string of the molecule is COc1cccc(NC(=O)COC2CCCC2N)c1. The van der Waals surface area contributed by atoms with Crippen LogP contribution in [0.4, 0.5) is 5.69 Å². The molecule has 104 valence electrons. The number of hydrogen-bond donors (Lipinski definition) is 2. The largest absolute Gasteiger partial charge is 0.497 e. The van der Waals surface area contributed by atoms with Crippen LogP contribution in [0.15, 0.2) is 24.3 Å². The highest BCUT2D eigenvalue weighted by molar-refractivity contribution is 5.91. The molecule has 1 saturated carbocycles. The average Bonchev–Trinajstić information content (AvgIpc) is 2.82. The third-order valence-electron chi connectivity index (χ3n) is 3.29. The number of benzene rings is 1. The first-order valence-corrected chi connectivity index (χ1v) is 6.50. The van der Waals surface area contributed by atoms with E-state index in [1.807, 2.05) is 18.2 Å². The highest BCUT2D eigenvalue weighted by Gasteiger charge is 2.25. The smallest absolute Gasteiger partial charge is 0.250 e. The van der Waals surface area contributed by atoms with Crippen molar-refractivity contribution in [2.24, 2.45) is 5.73 Å². The van der Waals surface area contributed by atoms with Crippen molar-refractivity contribution < 1.29 is 14.3 Å². The molecule has 5 nitrogen and oxygen atoms in total. The molecular formula is C14H20N2O3. The highest BCUT2D eigenvalue weighted by Crippen LogP contribution is 2.20. The first-order valence-electron chi connectivity index (χ1n) is 6.50. The summed E-state index contributed by atoms with van der Waals surface area (Å²) >= 11 is 0. The van der Waals surface area contributed by atoms with Crippen LogP contribution in [0.2, 0.25) is 0 Å². The van der Waals surface area contributed by atoms with Gasteiger partial charge in [-0.25, -0.2) is 0 Å². The standard InChI is InChI=1S/C14H20N2O3/c1-18-11-5-2-4-10(8-11)16-14(17)9-19-13-7-3-6-12(13)15/h2,4-5,8,12-13H,3,6-7,9,15H2,1H3,(H,16,17). The Bertz CT molecular complexity index is 436. The van der Waals surface area contributed by atoms with Crippen LogP contribution in [0, 0.1) is 0 Å². The third kappa shape index (κ3) is 3.94. The normalized spacial score (nSPS) is 22.2. The van der Waals surface area contributed by atoms with E-state index < -0.39 is 0 Å². The summed E-state index contributed by atoms with van der Waals surface area (Å²) in [6.07, 6.45) is 3.00. The Morgan fingerprint density at radius 3 is 3.00 bits per heavy atom. The highest BCUT2D eigenvalue weighted by atomic mass is 16.5. The molecule has 0 aromatic heterocycles. The zero-order chi connectivity index (χ0) is 13.7. The van der Waals surface area contributed by atoms with Crippen molar-refractivity contribution in [3.8, 4) is 5.75 Å². The van der Waals surface area contributed by atoms with Gasteiger partial charge in [0.25, 0.3) is 0 Å². The minimum atomic E-state index is -0.174. The van der Waals surface area contributed by atoms with Crippen molar-refractivity contribution in [3.63, 3.8) is 0 Å². The fourth-order valence-corrected chi connectivity index (χ4v) is 2.24. The predicted molar refractivity (Wildman–Crippen MR) is 73.2 cm³/mol. The number of ether oxygens (including phenoxy) is 2. The van der Waals surface area contributed by atoms with Crippen molar-refractivity contribution >= 4 is 11.6 Å². The molecule has 2 unspecified atom stereocenters. The Morgan fingerprint density at radius 2 is 2.32 bits per heavy atom. The van der Waals surface area contributed by atoms with Gasteiger partial charge in [0.2, 0.25) is 5.91 Å². The van der Waals surface area contributed by atoms with Gasteiger partial charge in [0.15, 0.2) is 0 Å². The second-order valence-corrected chi connectivity index (χ2v) is 4.72. The minimum absolute atomic E-state index is 0.0102. The summed E-state index contributed by atoms with van der Waals surface area (Å²) < 4.78 is 10.6. The van der Waals surface area contributed by atoms with E-state index in [2.05, 4.69) is 5.32 Å². The van der Waals surface area contributed by atoms with Gasteiger partial charge in [-0.15, -0.1) is 0 Å². The molecule has 3 N–H and O–H groups in total. The maximum Gasteiger partial charge on any atom is 0.250 e. The molecule has 0 radical (unpaired) electrons. The number of carbonyl (C=O) groups is 1. The van der Waals surface area contributed by atoms with Gasteiger partial charge in [-0.05, 0) is 31.4 Å². The molecule has 1 aromatic carbocycles. The summed E-state index contributed by atoms with van der Waals surface area (Å²) in [7, 11) is 1.59. The van der Waals surface area contributed by atoms with Gasteiger partial charge in [0, 0.05) is 17.8 Å². The van der Waals surface area contributed by atoms with Crippen LogP contribution in [-0.2, 0) is 9.53 Å². The lowest BCUT2D eigenvalue weighted by atomic mass is 10.2. The topological polar surface area (TPSA) is 73.6 Å². The van der Waals surface area contributed by atoms with Gasteiger partial charge in [-0.1, -0.05) is 6.07 Å². The van der Waals surface area contributed by atoms with Gasteiger partial charge >= 0.3 is 0 Å². The van der Waals surface area contributed by atoms with E-state index in [1.54, 1.807) is 13.2 Å². The number of carbonyl (C=O) groups excluding carboxylic acids is 1. The van der Waals surface area contributed by atoms with Crippen LogP contribution in [0.1, 0.15) is 19.3 Å². The van der Waals surface area contributed by atoms with E-state index in [0.29, 0.717) is 11.4 Å². The summed E-state index contributed by atoms with van der Waals surface area (Å²) in [6, 6.07) is 7.27. The molecule has 1 aromatic rings. The number of amides is 1. The van der Waals surface area contributed by atoms with Gasteiger partial charge in [-0.2, -0.15) is 0 Å². The molecule has 5 heteroatoms. The molecule has 0 aliphatic heterocycles. The van der Waals surface area contributed by atoms with Crippen molar-refractivity contribution in [3.05, 3.63) is 24.3 Å². The van der Waals surface area contributed by atoms with Gasteiger partial charge in [0.1, 0.15) is 12.4 Å². The molecule has 0 saturated heterocycles. The summed E-state index contributed by atoms with van der Waals surface area (Å²) in [5.74, 6) is 0.531. The van der Waals surface area contributed by atoms with Crippen molar-refractivity contribution in [1.82, 2.24) is 0 Å². The second kappa shape index (κ2) is 6.54. The second-order valence-electron chi connectivity index (χ2n) is 4.72. The number of nitrogens with two attached hydrogens (primary N) is 1. The number of hydrogen-bond acceptors (Lipinski definition) is 4. The fraction of sp³-hybridized carbons (Fsp3) is 0.500. The fourth-order valence-electron chi connectivity index (χ4n) is 2.24. The molecule has 0 bridgehead atoms. The lowest BCUT2D eigenvalue weighted by Crippen LogP contribution is -2.33. The van der Waals surface area contributed by atoms with Crippen LogP contribution >= 0.6 is 0 Å². The van der Waals surface area contributed by atoms with E-state index in [1.165, 1.54) is 0 Å². The Hall–Kier alpha value is -1.59. The first kappa shape index (κ1) is 13.8. The molecular weight excluding hydrogens is 244 g/mol. The zero-order valence-corrected chi connectivity index (χ0v) is 11.1. The third-order valence-corrected chi connectivity index (χ3v) is 3.29. The quantitative estimate of drug-likeness (QED) is 0.846. The molecule has 1 aliphatic carbocycles. The van der Waals surface area contributed by atoms with Crippen molar-refractivity contribution in [2.45, 2.75) is 31.4 Å². The zero-order valence-electron chi connectivity index (χ0n) is 11.1. The van der Waals surface area contributed by atoms with Crippen molar-refractivity contribution in [2.75, 3.05) is 19.0 Å². The molecule has 1 fully saturated rings. The molecule has 0 spiro atoms. The van der Waals surface area contributed by atoms with Gasteiger partial charge < -0.3 is 20.5 Å². The first-order chi connectivity index (χ1) is 9.19. The summed E-state index contributed by atoms with van der Waals surface area (Å²) in [4.78, 5) is 11.8. The summed E-state index contributed by atoms with van der Waals surface area (Å²) in [5, 5.41) is 2.77. The lowest BCUT2D eigenvalue weighted by molar-refractivity contribution is -0.122. The van der Waals surface area contributed by atoms with Crippen LogP contribution in [0.5, 0.6) is 5.75 Å². The molecule has 2 atom stereocenters. The van der Waals surface area contributed by atoms with E-state index in [4.69, 9.17) is 15.2 Å². The lowest BCUT2D eigenvalue weighted by Gasteiger charge is -2.16. The number of rotatable bonds is 5. The van der Waals surface area contributed by atoms with E-state index >= 15 is 0 Å². The number of methoxy groups -OCH3 is 1. The van der Waals surface area contributed by atoms with Crippen LogP contribution in [0.3, 0.4) is 0 Å². The van der Waals surface area contributed by atoms with Crippen LogP contribution in [0.25, 0.3) is 0 Å². The summed E-state index contributed by atoms with van der Waals surface area (Å²) in [6.45, 7) is 0.0373. The number of nitrogens with one attached hydrogen (secondary N) is 1. The van der Waals surface area contributed by atoms with Crippen LogP contribution in [-0.4, -0.2) is 31.8 Å². The minimum Gasteiger partial charge on any atom is -0.497 e. The van der Waals surface area contributed by atoms with E-state index in [-0.39, 0.29) is 24.7 Å². The predicted octanol–water partition coefficient (Wildman–Crippen LogP) is 1.53. The maximum absolute atomic E-state index is 11.8. The Balaban J connectivity index is 1.80. The molecule has 19 heavy (non-hydrogen) atoms. The van der Waals surface area contributed by atoms with E-state index in [0.717, 1.165) is 19.3 Å². The molecule has 1 aliphatic rings. The molecule has 1 amide bonds. The van der Waals surface area contributed by atoms with Crippen LogP contribution < -0.4 is 15.8 Å². The monoisotopic (exact) mass is 264 g/mol. The Morgan fingerprint density at radius 1 is 1.47 bits per heavy atom. The molecule has 2 rings (SSSR count). The van der Waals surface area contributed by atoms with Gasteiger partial charge in [-0.3, -0.25) is 4.79 Å². The maximum atomic E-state index is 11.8. The Labute approximate surface area is 113 Å². The number of anilines is 1. The molecule has 0 heterocycles. The summed E-state index contributed by atoms with van der Waals surface area (Å²) in [5.41, 5.74) is 6.58. The van der Waals surface area contributed by atoms with Crippen molar-refractivity contribution in [1.29, 1.82) is 0 Å². The Kier molecular flexibility index (Phi) is 4.76.